The first kappa shape index (κ1) is 20.9. The van der Waals surface area contributed by atoms with Crippen molar-refractivity contribution in [3.8, 4) is 11.1 Å². The maximum atomic E-state index is 13.0. The third-order valence-electron chi connectivity index (χ3n) is 6.27. The number of aryl methyl sites for hydroxylation is 2. The lowest BCUT2D eigenvalue weighted by molar-refractivity contribution is 0.331. The van der Waals surface area contributed by atoms with Gasteiger partial charge in [-0.25, -0.2) is 4.98 Å². The third-order valence-corrected chi connectivity index (χ3v) is 6.52. The molecular weight excluding hydrogens is 418 g/mol. The Labute approximate surface area is 193 Å². The molecule has 1 aliphatic heterocycles. The average Bonchev–Trinajstić information content (AvgIpc) is 3.33. The lowest BCUT2D eigenvalue weighted by Gasteiger charge is -2.14. The fraction of sp³-hybridized carbons (Fsp3) is 0.259. The lowest BCUT2D eigenvalue weighted by atomic mass is 10.0. The maximum Gasteiger partial charge on any atom is 0.261 e. The fourth-order valence-electron chi connectivity index (χ4n) is 4.40. The fourth-order valence-corrected chi connectivity index (χ4v) is 4.53. The van der Waals surface area contributed by atoms with Crippen LogP contribution in [0.1, 0.15) is 24.0 Å². The van der Waals surface area contributed by atoms with Gasteiger partial charge in [0, 0.05) is 18.1 Å². The van der Waals surface area contributed by atoms with E-state index in [1.54, 1.807) is 10.9 Å². The molecule has 0 spiro atoms. The first-order chi connectivity index (χ1) is 15.7. The van der Waals surface area contributed by atoms with E-state index in [4.69, 9.17) is 11.6 Å². The Balaban J connectivity index is 1.29. The molecule has 1 aromatic heterocycles. The lowest BCUT2D eigenvalue weighted by Crippen LogP contribution is -2.21. The smallest absolute Gasteiger partial charge is 0.261 e. The van der Waals surface area contributed by atoms with E-state index < -0.39 is 0 Å². The molecule has 1 fully saturated rings. The molecule has 2 heterocycles. The molecule has 0 atom stereocenters. The van der Waals surface area contributed by atoms with Crippen molar-refractivity contribution in [3.05, 3.63) is 99.6 Å². The highest BCUT2D eigenvalue weighted by molar-refractivity contribution is 6.30. The van der Waals surface area contributed by atoms with Crippen LogP contribution in [0.25, 0.3) is 22.0 Å². The summed E-state index contributed by atoms with van der Waals surface area (Å²) < 4.78 is 1.71. The van der Waals surface area contributed by atoms with Crippen LogP contribution in [0.15, 0.2) is 77.9 Å². The number of fused-ring (bicyclic) bond motifs is 1. The predicted molar refractivity (Wildman–Crippen MR) is 131 cm³/mol. The van der Waals surface area contributed by atoms with Crippen molar-refractivity contribution >= 4 is 22.5 Å². The van der Waals surface area contributed by atoms with Crippen molar-refractivity contribution in [3.63, 3.8) is 0 Å². The number of hydrogen-bond acceptors (Lipinski definition) is 3. The molecular formula is C27H26ClN3O. The van der Waals surface area contributed by atoms with Crippen molar-refractivity contribution in [2.75, 3.05) is 13.1 Å². The molecule has 1 aliphatic rings. The van der Waals surface area contributed by atoms with Gasteiger partial charge in [-0.2, -0.15) is 0 Å². The molecule has 1 saturated heterocycles. The molecule has 0 aliphatic carbocycles. The molecule has 162 valence electrons. The molecule has 0 amide bonds. The molecule has 3 aromatic carbocycles. The minimum absolute atomic E-state index is 0.00306. The van der Waals surface area contributed by atoms with Crippen LogP contribution in [0.2, 0.25) is 5.02 Å². The molecule has 0 bridgehead atoms. The van der Waals surface area contributed by atoms with E-state index in [2.05, 4.69) is 34.1 Å². The topological polar surface area (TPSA) is 38.1 Å². The zero-order valence-corrected chi connectivity index (χ0v) is 18.8. The molecule has 32 heavy (non-hydrogen) atoms. The SMILES string of the molecule is O=c1c2ccc(-c3ccc(Cl)cc3)cc2ncn1CCc1ccc(CN2CCCC2)cc1. The number of halogens is 1. The quantitative estimate of drug-likeness (QED) is 0.392. The Hall–Kier alpha value is -2.95. The highest BCUT2D eigenvalue weighted by Gasteiger charge is 2.11. The van der Waals surface area contributed by atoms with Gasteiger partial charge in [0.25, 0.3) is 5.56 Å². The molecule has 0 unspecified atom stereocenters. The van der Waals surface area contributed by atoms with Crippen LogP contribution in [-0.4, -0.2) is 27.5 Å². The van der Waals surface area contributed by atoms with Crippen LogP contribution >= 0.6 is 11.6 Å². The Bertz CT molecular complexity index is 1270. The van der Waals surface area contributed by atoms with Crippen LogP contribution < -0.4 is 5.56 Å². The molecule has 4 aromatic rings. The molecule has 5 heteroatoms. The summed E-state index contributed by atoms with van der Waals surface area (Å²) in [5.74, 6) is 0. The minimum Gasteiger partial charge on any atom is -0.299 e. The number of rotatable bonds is 6. The number of nitrogens with zero attached hydrogens (tertiary/aromatic N) is 3. The van der Waals surface area contributed by atoms with Crippen LogP contribution in [0.5, 0.6) is 0 Å². The van der Waals surface area contributed by atoms with Gasteiger partial charge in [-0.15, -0.1) is 0 Å². The predicted octanol–water partition coefficient (Wildman–Crippen LogP) is 5.56. The summed E-state index contributed by atoms with van der Waals surface area (Å²) in [5.41, 5.74) is 5.38. The van der Waals surface area contributed by atoms with E-state index in [9.17, 15) is 4.79 Å². The van der Waals surface area contributed by atoms with E-state index in [-0.39, 0.29) is 5.56 Å². The van der Waals surface area contributed by atoms with Gasteiger partial charge < -0.3 is 0 Å². The zero-order chi connectivity index (χ0) is 21.9. The van der Waals surface area contributed by atoms with E-state index in [0.717, 1.165) is 24.1 Å². The van der Waals surface area contributed by atoms with Crippen molar-refractivity contribution < 1.29 is 0 Å². The normalized spacial score (nSPS) is 14.3. The summed E-state index contributed by atoms with van der Waals surface area (Å²) in [7, 11) is 0. The van der Waals surface area contributed by atoms with E-state index in [1.165, 1.54) is 37.1 Å². The Morgan fingerprint density at radius 2 is 1.53 bits per heavy atom. The average molecular weight is 444 g/mol. The monoisotopic (exact) mass is 443 g/mol. The third kappa shape index (κ3) is 4.62. The summed E-state index contributed by atoms with van der Waals surface area (Å²) in [6.45, 7) is 4.07. The number of benzene rings is 3. The first-order valence-corrected chi connectivity index (χ1v) is 11.6. The molecule has 0 N–H and O–H groups in total. The highest BCUT2D eigenvalue weighted by atomic mass is 35.5. The van der Waals surface area contributed by atoms with Crippen LogP contribution in [-0.2, 0) is 19.5 Å². The number of likely N-dealkylation sites (tertiary alicyclic amines) is 1. The van der Waals surface area contributed by atoms with E-state index >= 15 is 0 Å². The largest absolute Gasteiger partial charge is 0.299 e. The highest BCUT2D eigenvalue weighted by Crippen LogP contribution is 2.24. The Morgan fingerprint density at radius 3 is 2.28 bits per heavy atom. The van der Waals surface area contributed by atoms with Crippen molar-refractivity contribution in [2.45, 2.75) is 32.4 Å². The van der Waals surface area contributed by atoms with Gasteiger partial charge in [0.1, 0.15) is 0 Å². The number of hydrogen-bond donors (Lipinski definition) is 0. The molecule has 5 rings (SSSR count). The standard InChI is InChI=1S/C27H26ClN3O/c28-24-10-7-22(8-11-24)23-9-12-25-26(17-23)29-19-31(27(25)32)16-13-20-3-5-21(6-4-20)18-30-14-1-2-15-30/h3-12,17,19H,1-2,13-16,18H2. The van der Waals surface area contributed by atoms with Crippen molar-refractivity contribution in [1.29, 1.82) is 0 Å². The Kier molecular flexibility index (Phi) is 6.06. The molecule has 4 nitrogen and oxygen atoms in total. The summed E-state index contributed by atoms with van der Waals surface area (Å²) in [6.07, 6.45) is 5.10. The second-order valence-corrected chi connectivity index (χ2v) is 8.97. The van der Waals surface area contributed by atoms with Gasteiger partial charge in [0.05, 0.1) is 17.2 Å². The van der Waals surface area contributed by atoms with Gasteiger partial charge in [0.15, 0.2) is 0 Å². The minimum atomic E-state index is 0.00306. The van der Waals surface area contributed by atoms with Gasteiger partial charge in [0.2, 0.25) is 0 Å². The van der Waals surface area contributed by atoms with Gasteiger partial charge >= 0.3 is 0 Å². The summed E-state index contributed by atoms with van der Waals surface area (Å²) >= 11 is 5.99. The zero-order valence-electron chi connectivity index (χ0n) is 18.0. The molecule has 0 radical (unpaired) electrons. The van der Waals surface area contributed by atoms with Crippen molar-refractivity contribution in [2.24, 2.45) is 0 Å². The number of aromatic nitrogens is 2. The Morgan fingerprint density at radius 1 is 0.844 bits per heavy atom. The maximum absolute atomic E-state index is 13.0. The van der Waals surface area contributed by atoms with Crippen LogP contribution in [0.4, 0.5) is 0 Å². The molecule has 0 saturated carbocycles. The van der Waals surface area contributed by atoms with Crippen LogP contribution in [0.3, 0.4) is 0 Å². The van der Waals surface area contributed by atoms with Gasteiger partial charge in [-0.05, 0) is 78.9 Å². The summed E-state index contributed by atoms with van der Waals surface area (Å²) in [4.78, 5) is 20.1. The van der Waals surface area contributed by atoms with Gasteiger partial charge in [-0.1, -0.05) is 54.1 Å². The second-order valence-electron chi connectivity index (χ2n) is 8.53. The van der Waals surface area contributed by atoms with Gasteiger partial charge in [-0.3, -0.25) is 14.3 Å². The summed E-state index contributed by atoms with van der Waals surface area (Å²) in [6, 6.07) is 22.3. The summed E-state index contributed by atoms with van der Waals surface area (Å²) in [5, 5.41) is 1.35. The van der Waals surface area contributed by atoms with E-state index in [1.807, 2.05) is 42.5 Å². The van der Waals surface area contributed by atoms with Crippen molar-refractivity contribution in [1.82, 2.24) is 14.5 Å². The van der Waals surface area contributed by atoms with E-state index in [0.29, 0.717) is 22.5 Å². The first-order valence-electron chi connectivity index (χ1n) is 11.2. The van der Waals surface area contributed by atoms with Crippen LogP contribution in [0, 0.1) is 0 Å². The second kappa shape index (κ2) is 9.27.